The second-order valence-corrected chi connectivity index (χ2v) is 11.2. The minimum Gasteiger partial charge on any atom is -0.463 e. The minimum absolute atomic E-state index is 0.0561. The zero-order valence-corrected chi connectivity index (χ0v) is 23.9. The Balaban J connectivity index is 1.83. The van der Waals surface area contributed by atoms with E-state index in [0.29, 0.717) is 43.7 Å². The number of halogens is 1. The molecule has 3 atom stereocenters. The maximum atomic E-state index is 12.9. The lowest BCUT2D eigenvalue weighted by molar-refractivity contribution is -0.171. The molecule has 2 fully saturated rings. The normalized spacial score (nSPS) is 24.5. The van der Waals surface area contributed by atoms with Crippen molar-refractivity contribution in [3.8, 4) is 0 Å². The number of ketones is 1. The summed E-state index contributed by atoms with van der Waals surface area (Å²) in [5.41, 5.74) is 0. The first kappa shape index (κ1) is 29.8. The van der Waals surface area contributed by atoms with Crippen LogP contribution in [-0.4, -0.2) is 41.3 Å². The molecule has 0 aromatic carbocycles. The van der Waals surface area contributed by atoms with Crippen molar-refractivity contribution in [2.75, 3.05) is 17.6 Å². The van der Waals surface area contributed by atoms with E-state index in [1.807, 2.05) is 13.8 Å². The first-order valence-electron chi connectivity index (χ1n) is 13.6. The molecule has 1 saturated carbocycles. The van der Waals surface area contributed by atoms with Gasteiger partial charge in [-0.25, -0.2) is 0 Å². The SMILES string of the molecule is CCCCCCCC1(CC[C@H]2[C@H](CI)CC(=O)[C@@H]2C/C=C\CCCC(=O)OC(C)C)OCCO1. The van der Waals surface area contributed by atoms with Crippen LogP contribution in [0.1, 0.15) is 104 Å². The lowest BCUT2D eigenvalue weighted by Gasteiger charge is -2.31. The summed E-state index contributed by atoms with van der Waals surface area (Å²) in [7, 11) is 0. The predicted octanol–water partition coefficient (Wildman–Crippen LogP) is 7.19. The van der Waals surface area contributed by atoms with Crippen molar-refractivity contribution in [3.05, 3.63) is 12.2 Å². The summed E-state index contributed by atoms with van der Waals surface area (Å²) in [6.07, 6.45) is 16.9. The summed E-state index contributed by atoms with van der Waals surface area (Å²) in [5, 5.41) is 0. The highest BCUT2D eigenvalue weighted by Crippen LogP contribution is 2.43. The fourth-order valence-corrected chi connectivity index (χ4v) is 6.35. The quantitative estimate of drug-likeness (QED) is 0.0590. The summed E-state index contributed by atoms with van der Waals surface area (Å²) in [4.78, 5) is 24.5. The highest BCUT2D eigenvalue weighted by Gasteiger charge is 2.43. The molecule has 1 saturated heterocycles. The molecule has 0 aromatic rings. The second kappa shape index (κ2) is 16.3. The van der Waals surface area contributed by atoms with Crippen molar-refractivity contribution >= 4 is 34.3 Å². The molecule has 0 spiro atoms. The van der Waals surface area contributed by atoms with Crippen molar-refractivity contribution in [2.24, 2.45) is 17.8 Å². The molecule has 1 aliphatic carbocycles. The van der Waals surface area contributed by atoms with Crippen molar-refractivity contribution in [1.82, 2.24) is 0 Å². The summed E-state index contributed by atoms with van der Waals surface area (Å²) >= 11 is 2.45. The van der Waals surface area contributed by atoms with Gasteiger partial charge >= 0.3 is 5.97 Å². The number of Topliss-reactive ketones (excluding diaryl/α,β-unsaturated/α-hetero) is 1. The van der Waals surface area contributed by atoms with E-state index >= 15 is 0 Å². The van der Waals surface area contributed by atoms with Crippen LogP contribution in [-0.2, 0) is 23.8 Å². The van der Waals surface area contributed by atoms with Gasteiger partial charge in [-0.15, -0.1) is 0 Å². The van der Waals surface area contributed by atoms with Gasteiger partial charge < -0.3 is 14.2 Å². The third-order valence-corrected chi connectivity index (χ3v) is 8.34. The maximum Gasteiger partial charge on any atom is 0.306 e. The zero-order valence-electron chi connectivity index (χ0n) is 21.7. The van der Waals surface area contributed by atoms with Crippen LogP contribution in [0.15, 0.2) is 12.2 Å². The molecule has 6 heteroatoms. The van der Waals surface area contributed by atoms with E-state index in [2.05, 4.69) is 41.7 Å². The third-order valence-electron chi connectivity index (χ3n) is 7.21. The Morgan fingerprint density at radius 3 is 2.53 bits per heavy atom. The average Bonchev–Trinajstić information content (AvgIpc) is 3.38. The van der Waals surface area contributed by atoms with Gasteiger partial charge in [0, 0.05) is 36.0 Å². The summed E-state index contributed by atoms with van der Waals surface area (Å²) in [5.74, 6) is 0.817. The Kier molecular flexibility index (Phi) is 14.3. The van der Waals surface area contributed by atoms with Gasteiger partial charge in [0.25, 0.3) is 0 Å². The largest absolute Gasteiger partial charge is 0.463 e. The van der Waals surface area contributed by atoms with Gasteiger partial charge in [0.15, 0.2) is 5.79 Å². The zero-order chi connectivity index (χ0) is 24.8. The van der Waals surface area contributed by atoms with Crippen LogP contribution >= 0.6 is 22.6 Å². The Morgan fingerprint density at radius 2 is 1.85 bits per heavy atom. The number of unbranched alkanes of at least 4 members (excludes halogenated alkanes) is 5. The molecule has 2 rings (SSSR count). The molecule has 0 N–H and O–H groups in total. The summed E-state index contributed by atoms with van der Waals surface area (Å²) < 4.78 is 18.5. The van der Waals surface area contributed by atoms with E-state index in [1.165, 1.54) is 25.7 Å². The molecule has 0 bridgehead atoms. The lowest BCUT2D eigenvalue weighted by atomic mass is 9.82. The number of allylic oxidation sites excluding steroid dienone is 2. The van der Waals surface area contributed by atoms with Crippen molar-refractivity contribution in [1.29, 1.82) is 0 Å². The van der Waals surface area contributed by atoms with E-state index in [4.69, 9.17) is 14.2 Å². The van der Waals surface area contributed by atoms with Gasteiger partial charge in [0.05, 0.1) is 19.3 Å². The minimum atomic E-state index is -0.432. The summed E-state index contributed by atoms with van der Waals surface area (Å²) in [6.45, 7) is 7.36. The standard InChI is InChI=1S/C28H47IO5/c1-4-5-6-9-12-16-28(32-18-19-33-28)17-15-24-23(21-29)20-26(30)25(24)13-10-7-8-11-14-27(31)34-22(2)3/h7,10,22-25H,4-6,8-9,11-21H2,1-3H3/b10-7-/t23-,24-,25+/m0/s1. The van der Waals surface area contributed by atoms with Gasteiger partial charge in [-0.3, -0.25) is 9.59 Å². The van der Waals surface area contributed by atoms with Gasteiger partial charge in [0.2, 0.25) is 0 Å². The monoisotopic (exact) mass is 590 g/mol. The second-order valence-electron chi connectivity index (χ2n) is 10.3. The molecule has 0 radical (unpaired) electrons. The topological polar surface area (TPSA) is 61.8 Å². The number of hydrogen-bond acceptors (Lipinski definition) is 5. The van der Waals surface area contributed by atoms with Crippen LogP contribution in [0.5, 0.6) is 0 Å². The number of carbonyl (C=O) groups excluding carboxylic acids is 2. The number of alkyl halides is 1. The number of carbonyl (C=O) groups is 2. The van der Waals surface area contributed by atoms with Crippen molar-refractivity contribution < 1.29 is 23.8 Å². The summed E-state index contributed by atoms with van der Waals surface area (Å²) in [6, 6.07) is 0. The molecular weight excluding hydrogens is 543 g/mol. The van der Waals surface area contributed by atoms with Crippen LogP contribution in [0.4, 0.5) is 0 Å². The fraction of sp³-hybridized carbons (Fsp3) is 0.857. The molecule has 34 heavy (non-hydrogen) atoms. The van der Waals surface area contributed by atoms with Crippen LogP contribution in [0.3, 0.4) is 0 Å². The van der Waals surface area contributed by atoms with Crippen LogP contribution < -0.4 is 0 Å². The lowest BCUT2D eigenvalue weighted by Crippen LogP contribution is -2.32. The smallest absolute Gasteiger partial charge is 0.306 e. The first-order valence-corrected chi connectivity index (χ1v) is 15.1. The highest BCUT2D eigenvalue weighted by atomic mass is 127. The molecule has 196 valence electrons. The van der Waals surface area contributed by atoms with Gasteiger partial charge in [-0.05, 0) is 57.8 Å². The molecule has 1 aliphatic heterocycles. The van der Waals surface area contributed by atoms with E-state index in [0.717, 1.165) is 49.4 Å². The van der Waals surface area contributed by atoms with Crippen LogP contribution in [0, 0.1) is 17.8 Å². The Morgan fingerprint density at radius 1 is 1.12 bits per heavy atom. The number of hydrogen-bond donors (Lipinski definition) is 0. The Hall–Kier alpha value is -0.470. The highest BCUT2D eigenvalue weighted by molar-refractivity contribution is 14.1. The van der Waals surface area contributed by atoms with E-state index < -0.39 is 5.79 Å². The van der Waals surface area contributed by atoms with Crippen LogP contribution in [0.25, 0.3) is 0 Å². The van der Waals surface area contributed by atoms with E-state index in [-0.39, 0.29) is 18.0 Å². The molecule has 1 heterocycles. The van der Waals surface area contributed by atoms with E-state index in [1.54, 1.807) is 0 Å². The molecule has 0 unspecified atom stereocenters. The molecule has 2 aliphatic rings. The Labute approximate surface area is 221 Å². The van der Waals surface area contributed by atoms with Crippen LogP contribution in [0.2, 0.25) is 0 Å². The average molecular weight is 591 g/mol. The Bertz CT molecular complexity index is 626. The fourth-order valence-electron chi connectivity index (χ4n) is 5.38. The third kappa shape index (κ3) is 10.3. The molecular formula is C28H47IO5. The number of ether oxygens (including phenoxy) is 3. The number of esters is 1. The number of rotatable bonds is 17. The van der Waals surface area contributed by atoms with Crippen molar-refractivity contribution in [2.45, 2.75) is 116 Å². The molecule has 0 amide bonds. The van der Waals surface area contributed by atoms with Crippen molar-refractivity contribution in [3.63, 3.8) is 0 Å². The van der Waals surface area contributed by atoms with E-state index in [9.17, 15) is 9.59 Å². The predicted molar refractivity (Wildman–Crippen MR) is 145 cm³/mol. The van der Waals surface area contributed by atoms with Gasteiger partial charge in [-0.2, -0.15) is 0 Å². The van der Waals surface area contributed by atoms with Gasteiger partial charge in [-0.1, -0.05) is 67.3 Å². The van der Waals surface area contributed by atoms with Gasteiger partial charge in [0.1, 0.15) is 5.78 Å². The molecule has 5 nitrogen and oxygen atoms in total. The molecule has 0 aromatic heterocycles. The first-order chi connectivity index (χ1) is 16.4. The maximum absolute atomic E-state index is 12.9.